The summed E-state index contributed by atoms with van der Waals surface area (Å²) in [6.45, 7) is 3.41. The van der Waals surface area contributed by atoms with Gasteiger partial charge < -0.3 is 0 Å². The Morgan fingerprint density at radius 2 is 1.75 bits per heavy atom. The predicted octanol–water partition coefficient (Wildman–Crippen LogP) is 2.68. The molecule has 0 saturated heterocycles. The van der Waals surface area contributed by atoms with Crippen molar-refractivity contribution >= 4 is 10.1 Å². The summed E-state index contributed by atoms with van der Waals surface area (Å²) in [6, 6.07) is 0. The fraction of sp³-hybridized carbons (Fsp3) is 1.00. The van der Waals surface area contributed by atoms with E-state index in [0.717, 1.165) is 12.8 Å². The fourth-order valence-electron chi connectivity index (χ4n) is 1.55. The van der Waals surface area contributed by atoms with Gasteiger partial charge in [0, 0.05) is 0 Å². The van der Waals surface area contributed by atoms with Gasteiger partial charge in [0.1, 0.15) is 0 Å². The van der Waals surface area contributed by atoms with E-state index in [1.165, 1.54) is 0 Å². The van der Waals surface area contributed by atoms with Crippen LogP contribution in [0.15, 0.2) is 0 Å². The lowest BCUT2D eigenvalue weighted by molar-refractivity contribution is -0.0548. The van der Waals surface area contributed by atoms with E-state index in [0.29, 0.717) is 12.3 Å². The van der Waals surface area contributed by atoms with Gasteiger partial charge in [-0.25, -0.2) is 0 Å². The molecule has 0 radical (unpaired) electrons. The van der Waals surface area contributed by atoms with E-state index in [1.807, 2.05) is 13.8 Å². The van der Waals surface area contributed by atoms with Crippen LogP contribution in [0.4, 0.5) is 13.2 Å². The standard InChI is InChI=1S/C9H15F3O3S/c1-8(2,7-3-4-7)5-6-15-16(13,14)9(10,11)12/h7H,3-6H2,1-2H3. The first-order valence-corrected chi connectivity index (χ1v) is 6.43. The summed E-state index contributed by atoms with van der Waals surface area (Å²) in [5.41, 5.74) is -5.47. The first-order chi connectivity index (χ1) is 7.06. The molecule has 0 spiro atoms. The third kappa shape index (κ3) is 3.35. The predicted molar refractivity (Wildman–Crippen MR) is 52.0 cm³/mol. The van der Waals surface area contributed by atoms with Gasteiger partial charge in [-0.3, -0.25) is 4.18 Å². The average Bonchev–Trinajstić information content (AvgIpc) is 2.82. The largest absolute Gasteiger partial charge is 0.523 e. The summed E-state index contributed by atoms with van der Waals surface area (Å²) in [6.07, 6.45) is 2.42. The molecule has 16 heavy (non-hydrogen) atoms. The SMILES string of the molecule is CC(C)(CCOS(=O)(=O)C(F)(F)F)C1CC1. The van der Waals surface area contributed by atoms with Crippen LogP contribution in [-0.2, 0) is 14.3 Å². The Labute approximate surface area is 93.1 Å². The molecule has 0 N–H and O–H groups in total. The molecule has 3 nitrogen and oxygen atoms in total. The summed E-state index contributed by atoms with van der Waals surface area (Å²) in [4.78, 5) is 0. The smallest absolute Gasteiger partial charge is 0.263 e. The van der Waals surface area contributed by atoms with E-state index < -0.39 is 22.2 Å². The molecule has 0 amide bonds. The van der Waals surface area contributed by atoms with Gasteiger partial charge in [-0.15, -0.1) is 0 Å². The monoisotopic (exact) mass is 260 g/mol. The molecule has 0 aromatic rings. The van der Waals surface area contributed by atoms with Gasteiger partial charge in [0.15, 0.2) is 0 Å². The molecule has 0 bridgehead atoms. The van der Waals surface area contributed by atoms with Crippen molar-refractivity contribution in [3.63, 3.8) is 0 Å². The van der Waals surface area contributed by atoms with E-state index in [9.17, 15) is 21.6 Å². The number of halogens is 3. The average molecular weight is 260 g/mol. The number of alkyl halides is 3. The molecule has 1 aliphatic carbocycles. The van der Waals surface area contributed by atoms with Crippen LogP contribution >= 0.6 is 0 Å². The third-order valence-corrected chi connectivity index (χ3v) is 3.99. The summed E-state index contributed by atoms with van der Waals surface area (Å²) < 4.78 is 60.8. The Bertz CT molecular complexity index is 342. The lowest BCUT2D eigenvalue weighted by Gasteiger charge is -2.23. The maximum Gasteiger partial charge on any atom is 0.523 e. The Balaban J connectivity index is 2.41. The number of rotatable bonds is 5. The Hall–Kier alpha value is -0.300. The molecule has 7 heteroatoms. The van der Waals surface area contributed by atoms with Crippen LogP contribution in [0.2, 0.25) is 0 Å². The van der Waals surface area contributed by atoms with Crippen molar-refractivity contribution in [1.82, 2.24) is 0 Å². The first kappa shape index (κ1) is 13.8. The molecule has 0 aliphatic heterocycles. The maximum absolute atomic E-state index is 11.9. The molecule has 0 aromatic heterocycles. The van der Waals surface area contributed by atoms with Crippen molar-refractivity contribution in [2.75, 3.05) is 6.61 Å². The van der Waals surface area contributed by atoms with Gasteiger partial charge in [-0.05, 0) is 30.6 Å². The van der Waals surface area contributed by atoms with Gasteiger partial charge in [0.05, 0.1) is 6.61 Å². The second-order valence-electron chi connectivity index (χ2n) is 4.73. The lowest BCUT2D eigenvalue weighted by atomic mass is 9.84. The Morgan fingerprint density at radius 3 is 2.12 bits per heavy atom. The van der Waals surface area contributed by atoms with E-state index in [4.69, 9.17) is 0 Å². The fourth-order valence-corrected chi connectivity index (χ4v) is 1.99. The van der Waals surface area contributed by atoms with Gasteiger partial charge in [0.2, 0.25) is 0 Å². The zero-order valence-electron chi connectivity index (χ0n) is 9.17. The van der Waals surface area contributed by atoms with Crippen LogP contribution in [0.25, 0.3) is 0 Å². The summed E-state index contributed by atoms with van der Waals surface area (Å²) >= 11 is 0. The van der Waals surface area contributed by atoms with Crippen molar-refractivity contribution in [3.8, 4) is 0 Å². The van der Waals surface area contributed by atoms with Crippen molar-refractivity contribution < 1.29 is 25.8 Å². The van der Waals surface area contributed by atoms with Gasteiger partial charge in [0.25, 0.3) is 0 Å². The second kappa shape index (κ2) is 4.18. The zero-order valence-corrected chi connectivity index (χ0v) is 9.99. The molecule has 0 unspecified atom stereocenters. The van der Waals surface area contributed by atoms with Crippen molar-refractivity contribution in [1.29, 1.82) is 0 Å². The Kier molecular flexibility index (Phi) is 3.59. The maximum atomic E-state index is 11.9. The molecule has 0 heterocycles. The lowest BCUT2D eigenvalue weighted by Crippen LogP contribution is -2.27. The number of hydrogen-bond acceptors (Lipinski definition) is 3. The van der Waals surface area contributed by atoms with Crippen LogP contribution in [0.1, 0.15) is 33.1 Å². The van der Waals surface area contributed by atoms with Crippen LogP contribution in [-0.4, -0.2) is 20.5 Å². The Morgan fingerprint density at radius 1 is 1.25 bits per heavy atom. The number of hydrogen-bond donors (Lipinski definition) is 0. The van der Waals surface area contributed by atoms with Crippen molar-refractivity contribution in [3.05, 3.63) is 0 Å². The summed E-state index contributed by atoms with van der Waals surface area (Å²) in [5, 5.41) is 0. The second-order valence-corrected chi connectivity index (χ2v) is 6.34. The van der Waals surface area contributed by atoms with E-state index in [-0.39, 0.29) is 5.41 Å². The normalized spacial score (nSPS) is 18.8. The highest BCUT2D eigenvalue weighted by molar-refractivity contribution is 7.87. The van der Waals surface area contributed by atoms with Crippen LogP contribution in [0, 0.1) is 11.3 Å². The van der Waals surface area contributed by atoms with E-state index in [2.05, 4.69) is 4.18 Å². The first-order valence-electron chi connectivity index (χ1n) is 5.02. The highest BCUT2D eigenvalue weighted by Gasteiger charge is 2.47. The minimum atomic E-state index is -5.43. The quantitative estimate of drug-likeness (QED) is 0.564. The van der Waals surface area contributed by atoms with E-state index >= 15 is 0 Å². The van der Waals surface area contributed by atoms with Crippen molar-refractivity contribution in [2.45, 2.75) is 38.6 Å². The molecular weight excluding hydrogens is 245 g/mol. The molecule has 1 aliphatic rings. The van der Waals surface area contributed by atoms with Gasteiger partial charge in [-0.1, -0.05) is 13.8 Å². The zero-order chi connectivity index (χ0) is 12.6. The van der Waals surface area contributed by atoms with Crippen LogP contribution in [0.3, 0.4) is 0 Å². The minimum Gasteiger partial charge on any atom is -0.263 e. The minimum absolute atomic E-state index is 0.152. The van der Waals surface area contributed by atoms with E-state index in [1.54, 1.807) is 0 Å². The molecule has 0 aromatic carbocycles. The van der Waals surface area contributed by atoms with Gasteiger partial charge >= 0.3 is 15.6 Å². The molecule has 1 rings (SSSR count). The van der Waals surface area contributed by atoms with Gasteiger partial charge in [-0.2, -0.15) is 21.6 Å². The molecular formula is C9H15F3O3S. The van der Waals surface area contributed by atoms with Crippen LogP contribution in [0.5, 0.6) is 0 Å². The molecule has 1 fully saturated rings. The summed E-state index contributed by atoms with van der Waals surface area (Å²) in [5.74, 6) is 0.477. The molecule has 96 valence electrons. The topological polar surface area (TPSA) is 43.4 Å². The molecule has 1 saturated carbocycles. The van der Waals surface area contributed by atoms with Crippen LogP contribution < -0.4 is 0 Å². The molecule has 0 atom stereocenters. The summed E-state index contributed by atoms with van der Waals surface area (Å²) in [7, 11) is -5.43. The highest BCUT2D eigenvalue weighted by atomic mass is 32.2. The third-order valence-electron chi connectivity index (χ3n) is 2.95. The highest BCUT2D eigenvalue weighted by Crippen LogP contribution is 2.47. The van der Waals surface area contributed by atoms with Crippen molar-refractivity contribution in [2.24, 2.45) is 11.3 Å².